The lowest BCUT2D eigenvalue weighted by Crippen LogP contribution is -2.41. The Morgan fingerprint density at radius 1 is 1.56 bits per heavy atom. The van der Waals surface area contributed by atoms with Crippen LogP contribution in [0, 0.1) is 5.82 Å². The van der Waals surface area contributed by atoms with E-state index < -0.39 is 23.2 Å². The Morgan fingerprint density at radius 2 is 2.22 bits per heavy atom. The number of nitrogens with zero attached hydrogens (tertiary/aromatic N) is 1. The number of carboxylic acid groups (broad SMARTS) is 1. The van der Waals surface area contributed by atoms with Gasteiger partial charge in [-0.05, 0) is 13.0 Å². The molecule has 0 aromatic heterocycles. The molecule has 2 atom stereocenters. The van der Waals surface area contributed by atoms with Crippen LogP contribution in [0.5, 0.6) is 0 Å². The SMILES string of the molecule is C[C@H](C(=O)O)N1C(=O)CS[C@@H]1c1ccccc1F. The Bertz CT molecular complexity index is 494. The van der Waals surface area contributed by atoms with Crippen LogP contribution in [-0.2, 0) is 9.59 Å². The molecular formula is C12H12FNO3S. The molecule has 0 unspecified atom stereocenters. The highest BCUT2D eigenvalue weighted by Gasteiger charge is 2.39. The van der Waals surface area contributed by atoms with Gasteiger partial charge in [-0.3, -0.25) is 4.79 Å². The van der Waals surface area contributed by atoms with Crippen LogP contribution in [0.2, 0.25) is 0 Å². The fourth-order valence-electron chi connectivity index (χ4n) is 1.89. The maximum atomic E-state index is 13.7. The van der Waals surface area contributed by atoms with Gasteiger partial charge < -0.3 is 10.0 Å². The smallest absolute Gasteiger partial charge is 0.326 e. The number of hydrogen-bond donors (Lipinski definition) is 1. The van der Waals surface area contributed by atoms with E-state index in [0.29, 0.717) is 5.56 Å². The van der Waals surface area contributed by atoms with Crippen molar-refractivity contribution >= 4 is 23.6 Å². The molecule has 1 heterocycles. The lowest BCUT2D eigenvalue weighted by Gasteiger charge is -2.27. The Balaban J connectivity index is 2.35. The molecule has 0 bridgehead atoms. The van der Waals surface area contributed by atoms with E-state index in [-0.39, 0.29) is 11.7 Å². The van der Waals surface area contributed by atoms with Crippen LogP contribution in [0.1, 0.15) is 17.9 Å². The van der Waals surface area contributed by atoms with Crippen molar-refractivity contribution in [3.05, 3.63) is 35.6 Å². The van der Waals surface area contributed by atoms with E-state index >= 15 is 0 Å². The van der Waals surface area contributed by atoms with E-state index in [1.54, 1.807) is 18.2 Å². The molecule has 0 saturated carbocycles. The molecule has 0 aliphatic carbocycles. The molecule has 1 amide bonds. The summed E-state index contributed by atoms with van der Waals surface area (Å²) in [5.41, 5.74) is 0.349. The van der Waals surface area contributed by atoms with E-state index in [4.69, 9.17) is 5.11 Å². The van der Waals surface area contributed by atoms with E-state index in [1.165, 1.54) is 29.7 Å². The zero-order valence-corrected chi connectivity index (χ0v) is 10.5. The number of amides is 1. The average molecular weight is 269 g/mol. The van der Waals surface area contributed by atoms with Gasteiger partial charge >= 0.3 is 5.97 Å². The van der Waals surface area contributed by atoms with Gasteiger partial charge in [0.25, 0.3) is 0 Å². The Hall–Kier alpha value is -1.56. The maximum absolute atomic E-state index is 13.7. The first-order valence-electron chi connectivity index (χ1n) is 5.42. The van der Waals surface area contributed by atoms with E-state index in [1.807, 2.05) is 0 Å². The maximum Gasteiger partial charge on any atom is 0.326 e. The van der Waals surface area contributed by atoms with Crippen LogP contribution in [-0.4, -0.2) is 33.7 Å². The lowest BCUT2D eigenvalue weighted by molar-refractivity contribution is -0.148. The summed E-state index contributed by atoms with van der Waals surface area (Å²) in [7, 11) is 0. The van der Waals surface area contributed by atoms with Crippen molar-refractivity contribution in [1.82, 2.24) is 4.90 Å². The summed E-state index contributed by atoms with van der Waals surface area (Å²) < 4.78 is 13.7. The number of benzene rings is 1. The molecule has 96 valence electrons. The normalized spacial score (nSPS) is 21.1. The number of halogens is 1. The molecule has 2 rings (SSSR count). The van der Waals surface area contributed by atoms with E-state index in [2.05, 4.69) is 0 Å². The zero-order chi connectivity index (χ0) is 13.3. The van der Waals surface area contributed by atoms with E-state index in [0.717, 1.165) is 0 Å². The van der Waals surface area contributed by atoms with E-state index in [9.17, 15) is 14.0 Å². The third kappa shape index (κ3) is 2.20. The highest BCUT2D eigenvalue weighted by molar-refractivity contribution is 8.00. The fourth-order valence-corrected chi connectivity index (χ4v) is 3.17. The predicted molar refractivity (Wildman–Crippen MR) is 65.5 cm³/mol. The minimum absolute atomic E-state index is 0.177. The first-order valence-corrected chi connectivity index (χ1v) is 6.47. The monoisotopic (exact) mass is 269 g/mol. The van der Waals surface area contributed by atoms with Gasteiger partial charge in [-0.25, -0.2) is 9.18 Å². The van der Waals surface area contributed by atoms with Crippen molar-refractivity contribution in [1.29, 1.82) is 0 Å². The quantitative estimate of drug-likeness (QED) is 0.910. The summed E-state index contributed by atoms with van der Waals surface area (Å²) in [6.45, 7) is 1.43. The van der Waals surface area contributed by atoms with Gasteiger partial charge in [-0.2, -0.15) is 0 Å². The first-order chi connectivity index (χ1) is 8.52. The number of hydrogen-bond acceptors (Lipinski definition) is 3. The molecular weight excluding hydrogens is 257 g/mol. The largest absolute Gasteiger partial charge is 0.480 e. The second-order valence-corrected chi connectivity index (χ2v) is 5.07. The Morgan fingerprint density at radius 3 is 2.83 bits per heavy atom. The number of rotatable bonds is 3. The van der Waals surface area contributed by atoms with Crippen LogP contribution in [0.15, 0.2) is 24.3 Å². The molecule has 18 heavy (non-hydrogen) atoms. The standard InChI is InChI=1S/C12H12FNO3S/c1-7(12(16)17)14-10(15)6-18-11(14)8-4-2-3-5-9(8)13/h2-5,7,11H,6H2,1H3,(H,16,17)/t7-,11-/m1/s1. The van der Waals surface area contributed by atoms with Crippen LogP contribution in [0.25, 0.3) is 0 Å². The molecule has 1 aliphatic rings. The van der Waals surface area contributed by atoms with Crippen molar-refractivity contribution in [2.75, 3.05) is 5.75 Å². The zero-order valence-electron chi connectivity index (χ0n) is 9.67. The average Bonchev–Trinajstić information content (AvgIpc) is 2.70. The topological polar surface area (TPSA) is 57.6 Å². The van der Waals surface area contributed by atoms with Crippen LogP contribution in [0.3, 0.4) is 0 Å². The third-order valence-corrected chi connectivity index (χ3v) is 4.06. The molecule has 1 saturated heterocycles. The van der Waals surface area contributed by atoms with Gasteiger partial charge in [-0.1, -0.05) is 18.2 Å². The first kappa shape index (κ1) is 12.9. The van der Waals surface area contributed by atoms with Crippen LogP contribution < -0.4 is 0 Å². The molecule has 4 nitrogen and oxygen atoms in total. The molecule has 6 heteroatoms. The lowest BCUT2D eigenvalue weighted by atomic mass is 10.1. The summed E-state index contributed by atoms with van der Waals surface area (Å²) in [5, 5.41) is 8.43. The summed E-state index contributed by atoms with van der Waals surface area (Å²) >= 11 is 1.24. The molecule has 0 radical (unpaired) electrons. The number of aliphatic carboxylic acids is 1. The minimum atomic E-state index is -1.09. The Kier molecular flexibility index (Phi) is 3.56. The van der Waals surface area contributed by atoms with Gasteiger partial charge in [0.2, 0.25) is 5.91 Å². The van der Waals surface area contributed by atoms with Crippen molar-refractivity contribution in [2.24, 2.45) is 0 Å². The van der Waals surface area contributed by atoms with Crippen molar-refractivity contribution in [3.63, 3.8) is 0 Å². The van der Waals surface area contributed by atoms with Crippen LogP contribution in [0.4, 0.5) is 4.39 Å². The highest BCUT2D eigenvalue weighted by atomic mass is 32.2. The summed E-state index contributed by atoms with van der Waals surface area (Å²) in [6.07, 6.45) is 0. The highest BCUT2D eigenvalue weighted by Crippen LogP contribution is 2.40. The molecule has 1 N–H and O–H groups in total. The van der Waals surface area contributed by atoms with Gasteiger partial charge in [0.1, 0.15) is 17.2 Å². The molecule has 1 aromatic rings. The molecule has 1 fully saturated rings. The van der Waals surface area contributed by atoms with Gasteiger partial charge in [-0.15, -0.1) is 11.8 Å². The number of thioether (sulfide) groups is 1. The second kappa shape index (κ2) is 4.97. The van der Waals surface area contributed by atoms with Crippen molar-refractivity contribution in [2.45, 2.75) is 18.3 Å². The van der Waals surface area contributed by atoms with Crippen LogP contribution >= 0.6 is 11.8 Å². The third-order valence-electron chi connectivity index (χ3n) is 2.85. The number of carbonyl (C=O) groups excluding carboxylic acids is 1. The minimum Gasteiger partial charge on any atom is -0.480 e. The summed E-state index contributed by atoms with van der Waals surface area (Å²) in [6, 6.07) is 5.16. The van der Waals surface area contributed by atoms with Crippen molar-refractivity contribution < 1.29 is 19.1 Å². The molecule has 0 spiro atoms. The molecule has 1 aliphatic heterocycles. The summed E-state index contributed by atoms with van der Waals surface area (Å²) in [5.74, 6) is -1.61. The Labute approximate surface area is 108 Å². The predicted octanol–water partition coefficient (Wildman–Crippen LogP) is 1.87. The number of carboxylic acids is 1. The number of carbonyl (C=O) groups is 2. The fraction of sp³-hybridized carbons (Fsp3) is 0.333. The van der Waals surface area contributed by atoms with Gasteiger partial charge in [0.15, 0.2) is 0 Å². The van der Waals surface area contributed by atoms with Crippen molar-refractivity contribution in [3.8, 4) is 0 Å². The second-order valence-electron chi connectivity index (χ2n) is 4.00. The van der Waals surface area contributed by atoms with Gasteiger partial charge in [0, 0.05) is 5.56 Å². The van der Waals surface area contributed by atoms with Gasteiger partial charge in [0.05, 0.1) is 5.75 Å². The molecule has 1 aromatic carbocycles. The summed E-state index contributed by atoms with van der Waals surface area (Å²) in [4.78, 5) is 24.0.